The van der Waals surface area contributed by atoms with Crippen LogP contribution in [-0.4, -0.2) is 11.8 Å². The molecule has 0 aliphatic carbocycles. The summed E-state index contributed by atoms with van der Waals surface area (Å²) >= 11 is 0. The number of imide groups is 1. The third-order valence-corrected chi connectivity index (χ3v) is 3.29. The minimum Gasteiger partial charge on any atom is -0.292 e. The van der Waals surface area contributed by atoms with Crippen molar-refractivity contribution in [2.24, 2.45) is 11.3 Å². The highest BCUT2D eigenvalue weighted by atomic mass is 16.2. The van der Waals surface area contributed by atoms with Crippen LogP contribution < -0.4 is 5.32 Å². The van der Waals surface area contributed by atoms with Crippen LogP contribution in [0.25, 0.3) is 0 Å². The monoisotopic (exact) mass is 233 g/mol. The van der Waals surface area contributed by atoms with Gasteiger partial charge in [0.25, 0.3) is 5.91 Å². The number of amides is 2. The highest BCUT2D eigenvalue weighted by Crippen LogP contribution is 2.26. The van der Waals surface area contributed by atoms with Gasteiger partial charge in [-0.3, -0.25) is 14.9 Å². The zero-order chi connectivity index (χ0) is 13.1. The molecule has 3 nitrogen and oxygen atoms in total. The lowest BCUT2D eigenvalue weighted by molar-refractivity contribution is -0.130. The van der Waals surface area contributed by atoms with Crippen molar-refractivity contribution in [3.8, 4) is 0 Å². The lowest BCUT2D eigenvalue weighted by Crippen LogP contribution is -2.43. The molecule has 0 bridgehead atoms. The predicted octanol–water partition coefficient (Wildman–Crippen LogP) is 2.63. The van der Waals surface area contributed by atoms with E-state index in [-0.39, 0.29) is 17.7 Å². The van der Waals surface area contributed by atoms with Crippen LogP contribution in [0.2, 0.25) is 0 Å². The SMILES string of the molecule is CC(C)C(C)(C)C(=O)NC(=O)c1ccccc1. The Morgan fingerprint density at radius 3 is 2.12 bits per heavy atom. The summed E-state index contributed by atoms with van der Waals surface area (Å²) in [6, 6.07) is 8.74. The highest BCUT2D eigenvalue weighted by molar-refractivity contribution is 6.06. The first kappa shape index (κ1) is 13.4. The maximum absolute atomic E-state index is 12.0. The van der Waals surface area contributed by atoms with Gasteiger partial charge in [-0.05, 0) is 18.1 Å². The zero-order valence-electron chi connectivity index (χ0n) is 10.8. The number of benzene rings is 1. The minimum atomic E-state index is -0.551. The van der Waals surface area contributed by atoms with Crippen molar-refractivity contribution >= 4 is 11.8 Å². The van der Waals surface area contributed by atoms with Crippen LogP contribution in [0.5, 0.6) is 0 Å². The van der Waals surface area contributed by atoms with Gasteiger partial charge < -0.3 is 0 Å². The Balaban J connectivity index is 2.74. The average Bonchev–Trinajstić information content (AvgIpc) is 2.29. The van der Waals surface area contributed by atoms with Gasteiger partial charge in [0.05, 0.1) is 0 Å². The third-order valence-electron chi connectivity index (χ3n) is 3.29. The lowest BCUT2D eigenvalue weighted by atomic mass is 9.80. The molecule has 0 spiro atoms. The van der Waals surface area contributed by atoms with Gasteiger partial charge in [0.15, 0.2) is 0 Å². The van der Waals surface area contributed by atoms with Gasteiger partial charge in [-0.25, -0.2) is 0 Å². The van der Waals surface area contributed by atoms with E-state index in [4.69, 9.17) is 0 Å². The second kappa shape index (κ2) is 5.13. The van der Waals surface area contributed by atoms with E-state index in [2.05, 4.69) is 5.32 Å². The van der Waals surface area contributed by atoms with E-state index >= 15 is 0 Å². The molecule has 1 aromatic rings. The first-order valence-corrected chi connectivity index (χ1v) is 5.76. The van der Waals surface area contributed by atoms with Gasteiger partial charge in [-0.2, -0.15) is 0 Å². The second-order valence-electron chi connectivity index (χ2n) is 5.03. The third kappa shape index (κ3) is 3.16. The summed E-state index contributed by atoms with van der Waals surface area (Å²) < 4.78 is 0. The fraction of sp³-hybridized carbons (Fsp3) is 0.429. The normalized spacial score (nSPS) is 11.4. The summed E-state index contributed by atoms with van der Waals surface area (Å²) in [5, 5.41) is 2.44. The molecule has 0 fully saturated rings. The fourth-order valence-corrected chi connectivity index (χ4v) is 1.19. The first-order valence-electron chi connectivity index (χ1n) is 5.76. The van der Waals surface area contributed by atoms with Gasteiger partial charge in [-0.15, -0.1) is 0 Å². The summed E-state index contributed by atoms with van der Waals surface area (Å²) in [4.78, 5) is 23.8. The van der Waals surface area contributed by atoms with Crippen molar-refractivity contribution in [1.29, 1.82) is 0 Å². The van der Waals surface area contributed by atoms with E-state index in [1.54, 1.807) is 24.3 Å². The predicted molar refractivity (Wildman–Crippen MR) is 67.5 cm³/mol. The molecule has 0 aliphatic rings. The summed E-state index contributed by atoms with van der Waals surface area (Å²) in [5.41, 5.74) is -0.0508. The van der Waals surface area contributed by atoms with Gasteiger partial charge in [0, 0.05) is 11.0 Å². The van der Waals surface area contributed by atoms with Gasteiger partial charge >= 0.3 is 0 Å². The van der Waals surface area contributed by atoms with Crippen LogP contribution in [0.3, 0.4) is 0 Å². The number of carbonyl (C=O) groups excluding carboxylic acids is 2. The Kier molecular flexibility index (Phi) is 4.05. The summed E-state index contributed by atoms with van der Waals surface area (Å²) in [7, 11) is 0. The van der Waals surface area contributed by atoms with E-state index in [0.29, 0.717) is 5.56 Å². The first-order chi connectivity index (χ1) is 7.85. The Bertz CT molecular complexity index is 407. The van der Waals surface area contributed by atoms with Crippen LogP contribution in [0.1, 0.15) is 38.1 Å². The van der Waals surface area contributed by atoms with Crippen molar-refractivity contribution in [1.82, 2.24) is 5.32 Å². The molecule has 0 atom stereocenters. The van der Waals surface area contributed by atoms with Crippen molar-refractivity contribution < 1.29 is 9.59 Å². The Morgan fingerprint density at radius 2 is 1.65 bits per heavy atom. The van der Waals surface area contributed by atoms with Crippen LogP contribution in [0.4, 0.5) is 0 Å². The van der Waals surface area contributed by atoms with Gasteiger partial charge in [0.2, 0.25) is 5.91 Å². The molecule has 2 amide bonds. The Morgan fingerprint density at radius 1 is 1.12 bits per heavy atom. The number of nitrogens with one attached hydrogen (secondary N) is 1. The largest absolute Gasteiger partial charge is 0.292 e. The van der Waals surface area contributed by atoms with E-state index in [1.807, 2.05) is 33.8 Å². The van der Waals surface area contributed by atoms with Crippen molar-refractivity contribution in [3.63, 3.8) is 0 Å². The van der Waals surface area contributed by atoms with Crippen molar-refractivity contribution in [3.05, 3.63) is 35.9 Å². The summed E-state index contributed by atoms with van der Waals surface area (Å²) in [5.74, 6) is -0.406. The molecular weight excluding hydrogens is 214 g/mol. The minimum absolute atomic E-state index is 0.172. The standard InChI is InChI=1S/C14H19NO2/c1-10(2)14(3,4)13(17)15-12(16)11-8-6-5-7-9-11/h5-10H,1-4H3,(H,15,16,17). The quantitative estimate of drug-likeness (QED) is 0.872. The molecule has 0 unspecified atom stereocenters. The molecule has 0 radical (unpaired) electrons. The van der Waals surface area contributed by atoms with E-state index in [0.717, 1.165) is 0 Å². The number of hydrogen-bond donors (Lipinski definition) is 1. The van der Waals surface area contributed by atoms with Crippen molar-refractivity contribution in [2.45, 2.75) is 27.7 Å². The molecule has 0 saturated carbocycles. The fourth-order valence-electron chi connectivity index (χ4n) is 1.19. The van der Waals surface area contributed by atoms with E-state index in [9.17, 15) is 9.59 Å². The van der Waals surface area contributed by atoms with Crippen molar-refractivity contribution in [2.75, 3.05) is 0 Å². The second-order valence-corrected chi connectivity index (χ2v) is 5.03. The van der Waals surface area contributed by atoms with Crippen LogP contribution in [0.15, 0.2) is 30.3 Å². The molecule has 1 aromatic carbocycles. The molecule has 0 aromatic heterocycles. The molecule has 0 aliphatic heterocycles. The molecule has 1 N–H and O–H groups in total. The molecule has 1 rings (SSSR count). The highest BCUT2D eigenvalue weighted by Gasteiger charge is 2.32. The van der Waals surface area contributed by atoms with Crippen LogP contribution >= 0.6 is 0 Å². The van der Waals surface area contributed by atoms with E-state index < -0.39 is 5.41 Å². The topological polar surface area (TPSA) is 46.2 Å². The molecule has 3 heteroatoms. The maximum atomic E-state index is 12.0. The molecule has 92 valence electrons. The molecule has 17 heavy (non-hydrogen) atoms. The Hall–Kier alpha value is -1.64. The molecule has 0 saturated heterocycles. The number of rotatable bonds is 3. The van der Waals surface area contributed by atoms with Gasteiger partial charge in [0.1, 0.15) is 0 Å². The number of carbonyl (C=O) groups is 2. The van der Waals surface area contributed by atoms with Gasteiger partial charge in [-0.1, -0.05) is 45.9 Å². The summed E-state index contributed by atoms with van der Waals surface area (Å²) in [6.07, 6.45) is 0. The maximum Gasteiger partial charge on any atom is 0.257 e. The van der Waals surface area contributed by atoms with E-state index in [1.165, 1.54) is 0 Å². The number of hydrogen-bond acceptors (Lipinski definition) is 2. The van der Waals surface area contributed by atoms with Crippen LogP contribution in [0, 0.1) is 11.3 Å². The lowest BCUT2D eigenvalue weighted by Gasteiger charge is -2.27. The van der Waals surface area contributed by atoms with Crippen LogP contribution in [-0.2, 0) is 4.79 Å². The molecular formula is C14H19NO2. The average molecular weight is 233 g/mol. The summed E-state index contributed by atoms with van der Waals surface area (Å²) in [6.45, 7) is 7.61. The smallest absolute Gasteiger partial charge is 0.257 e. The Labute approximate surface area is 102 Å². The zero-order valence-corrected chi connectivity index (χ0v) is 10.8. The molecule has 0 heterocycles.